The average molecular weight is 156 g/mol. The summed E-state index contributed by atoms with van der Waals surface area (Å²) in [5.74, 6) is 0. The lowest BCUT2D eigenvalue weighted by Crippen LogP contribution is -2.25. The Labute approximate surface area is 67.6 Å². The summed E-state index contributed by atoms with van der Waals surface area (Å²) in [7, 11) is 0. The van der Waals surface area contributed by atoms with Crippen molar-refractivity contribution >= 4 is 0 Å². The quantitative estimate of drug-likeness (QED) is 0.623. The first-order chi connectivity index (χ1) is 5.35. The fourth-order valence-corrected chi connectivity index (χ4v) is 2.41. The van der Waals surface area contributed by atoms with E-state index in [0.717, 1.165) is 6.42 Å². The van der Waals surface area contributed by atoms with Gasteiger partial charge in [-0.05, 0) is 25.7 Å². The van der Waals surface area contributed by atoms with E-state index in [0.29, 0.717) is 0 Å². The highest BCUT2D eigenvalue weighted by atomic mass is 16.5. The fourth-order valence-electron chi connectivity index (χ4n) is 2.41. The monoisotopic (exact) mass is 156 g/mol. The number of rotatable bonds is 1. The zero-order valence-corrected chi connectivity index (χ0v) is 6.88. The maximum absolute atomic E-state index is 8.88. The van der Waals surface area contributed by atoms with Gasteiger partial charge in [-0.25, -0.2) is 0 Å². The van der Waals surface area contributed by atoms with Gasteiger partial charge in [0.1, 0.15) is 0 Å². The van der Waals surface area contributed by atoms with E-state index < -0.39 is 0 Å². The highest BCUT2D eigenvalue weighted by molar-refractivity contribution is 4.92. The number of aliphatic hydroxyl groups is 1. The van der Waals surface area contributed by atoms with E-state index in [1.165, 1.54) is 32.1 Å². The number of ether oxygens (including phenoxy) is 1. The molecule has 1 saturated heterocycles. The zero-order chi connectivity index (χ0) is 7.73. The van der Waals surface area contributed by atoms with Crippen LogP contribution in [0.3, 0.4) is 0 Å². The summed E-state index contributed by atoms with van der Waals surface area (Å²) in [5, 5.41) is 8.88. The van der Waals surface area contributed by atoms with Gasteiger partial charge in [0.15, 0.2) is 0 Å². The summed E-state index contributed by atoms with van der Waals surface area (Å²) < 4.78 is 5.81. The lowest BCUT2D eigenvalue weighted by molar-refractivity contribution is -0.0546. The third-order valence-corrected chi connectivity index (χ3v) is 3.06. The van der Waals surface area contributed by atoms with Crippen LogP contribution in [0.2, 0.25) is 0 Å². The van der Waals surface area contributed by atoms with Crippen molar-refractivity contribution in [1.29, 1.82) is 0 Å². The van der Waals surface area contributed by atoms with Crippen molar-refractivity contribution in [1.82, 2.24) is 0 Å². The minimum atomic E-state index is 0.146. The molecule has 2 heteroatoms. The van der Waals surface area contributed by atoms with Crippen LogP contribution in [0.15, 0.2) is 0 Å². The van der Waals surface area contributed by atoms with E-state index >= 15 is 0 Å². The van der Waals surface area contributed by atoms with Crippen LogP contribution in [0.25, 0.3) is 0 Å². The molecule has 0 radical (unpaired) electrons. The molecular formula is C9H16O2. The topological polar surface area (TPSA) is 29.5 Å². The second-order valence-corrected chi connectivity index (χ2v) is 3.85. The van der Waals surface area contributed by atoms with E-state index in [1.807, 2.05) is 0 Å². The van der Waals surface area contributed by atoms with Crippen molar-refractivity contribution in [2.75, 3.05) is 6.61 Å². The van der Waals surface area contributed by atoms with Gasteiger partial charge < -0.3 is 9.84 Å². The lowest BCUT2D eigenvalue weighted by atomic mass is 9.98. The van der Waals surface area contributed by atoms with Gasteiger partial charge in [-0.1, -0.05) is 12.8 Å². The Morgan fingerprint density at radius 2 is 2.00 bits per heavy atom. The van der Waals surface area contributed by atoms with Crippen LogP contribution in [0.5, 0.6) is 0 Å². The number of hydrogen-bond donors (Lipinski definition) is 1. The van der Waals surface area contributed by atoms with Gasteiger partial charge in [0.05, 0.1) is 18.3 Å². The van der Waals surface area contributed by atoms with Crippen LogP contribution in [-0.4, -0.2) is 23.4 Å². The summed E-state index contributed by atoms with van der Waals surface area (Å²) in [6.45, 7) is 0.210. The zero-order valence-electron chi connectivity index (χ0n) is 6.88. The molecule has 1 spiro atoms. The van der Waals surface area contributed by atoms with Crippen LogP contribution >= 0.6 is 0 Å². The minimum absolute atomic E-state index is 0.146. The van der Waals surface area contributed by atoms with Gasteiger partial charge in [0.25, 0.3) is 0 Å². The maximum Gasteiger partial charge on any atom is 0.0814 e. The molecule has 2 fully saturated rings. The molecule has 1 N–H and O–H groups in total. The molecular weight excluding hydrogens is 140 g/mol. The summed E-state index contributed by atoms with van der Waals surface area (Å²) in [4.78, 5) is 0. The van der Waals surface area contributed by atoms with Gasteiger partial charge in [-0.3, -0.25) is 0 Å². The second kappa shape index (κ2) is 2.76. The van der Waals surface area contributed by atoms with Crippen LogP contribution in [0.4, 0.5) is 0 Å². The third-order valence-electron chi connectivity index (χ3n) is 3.06. The Bertz CT molecular complexity index is 138. The average Bonchev–Trinajstić information content (AvgIpc) is 2.62. The van der Waals surface area contributed by atoms with Gasteiger partial charge in [-0.15, -0.1) is 0 Å². The van der Waals surface area contributed by atoms with Crippen LogP contribution in [0.1, 0.15) is 38.5 Å². The van der Waals surface area contributed by atoms with Crippen LogP contribution in [-0.2, 0) is 4.74 Å². The second-order valence-electron chi connectivity index (χ2n) is 3.85. The summed E-state index contributed by atoms with van der Waals surface area (Å²) >= 11 is 0. The van der Waals surface area contributed by atoms with Gasteiger partial charge in [-0.2, -0.15) is 0 Å². The SMILES string of the molecule is OC[C@@H]1CCC2(CCCC2)O1. The first-order valence-corrected chi connectivity index (χ1v) is 4.63. The van der Waals surface area contributed by atoms with Crippen molar-refractivity contribution in [3.63, 3.8) is 0 Å². The molecule has 1 atom stereocenters. The highest BCUT2D eigenvalue weighted by Gasteiger charge is 2.41. The highest BCUT2D eigenvalue weighted by Crippen LogP contribution is 2.42. The molecule has 0 aromatic carbocycles. The normalized spacial score (nSPS) is 35.2. The molecule has 0 aromatic heterocycles. The largest absolute Gasteiger partial charge is 0.394 e. The predicted octanol–water partition coefficient (Wildman–Crippen LogP) is 1.47. The molecule has 1 saturated carbocycles. The molecule has 2 aliphatic rings. The number of hydrogen-bond acceptors (Lipinski definition) is 2. The molecule has 2 nitrogen and oxygen atoms in total. The van der Waals surface area contributed by atoms with Crippen molar-refractivity contribution < 1.29 is 9.84 Å². The number of aliphatic hydroxyl groups excluding tert-OH is 1. The molecule has 1 aliphatic carbocycles. The van der Waals surface area contributed by atoms with Crippen molar-refractivity contribution in [3.05, 3.63) is 0 Å². The summed E-state index contributed by atoms with van der Waals surface area (Å²) in [6.07, 6.45) is 7.48. The van der Waals surface area contributed by atoms with Crippen molar-refractivity contribution in [2.45, 2.75) is 50.2 Å². The van der Waals surface area contributed by atoms with E-state index in [9.17, 15) is 0 Å². The van der Waals surface area contributed by atoms with Crippen LogP contribution < -0.4 is 0 Å². The van der Waals surface area contributed by atoms with Crippen molar-refractivity contribution in [3.8, 4) is 0 Å². The van der Waals surface area contributed by atoms with E-state index in [-0.39, 0.29) is 18.3 Å². The van der Waals surface area contributed by atoms with Crippen molar-refractivity contribution in [2.24, 2.45) is 0 Å². The molecule has 64 valence electrons. The lowest BCUT2D eigenvalue weighted by Gasteiger charge is -2.22. The Morgan fingerprint density at radius 3 is 2.55 bits per heavy atom. The first kappa shape index (κ1) is 7.56. The molecule has 0 amide bonds. The smallest absolute Gasteiger partial charge is 0.0814 e. The molecule has 0 aromatic rings. The third kappa shape index (κ3) is 1.30. The molecule has 1 aliphatic heterocycles. The summed E-state index contributed by atoms with van der Waals surface area (Å²) in [6, 6.07) is 0. The van der Waals surface area contributed by atoms with Crippen LogP contribution in [0, 0.1) is 0 Å². The first-order valence-electron chi connectivity index (χ1n) is 4.63. The van der Waals surface area contributed by atoms with Gasteiger partial charge >= 0.3 is 0 Å². The fraction of sp³-hybridized carbons (Fsp3) is 1.00. The molecule has 0 unspecified atom stereocenters. The minimum Gasteiger partial charge on any atom is -0.394 e. The van der Waals surface area contributed by atoms with E-state index in [1.54, 1.807) is 0 Å². The van der Waals surface area contributed by atoms with Gasteiger partial charge in [0, 0.05) is 0 Å². The standard InChI is InChI=1S/C9H16O2/c10-7-8-3-6-9(11-8)4-1-2-5-9/h8,10H,1-7H2/t8-/m0/s1. The predicted molar refractivity (Wildman–Crippen MR) is 42.4 cm³/mol. The molecule has 11 heavy (non-hydrogen) atoms. The maximum atomic E-state index is 8.88. The molecule has 1 heterocycles. The Hall–Kier alpha value is -0.0800. The Balaban J connectivity index is 1.96. The molecule has 2 rings (SSSR count). The summed E-state index contributed by atoms with van der Waals surface area (Å²) in [5.41, 5.74) is 0.202. The molecule has 0 bridgehead atoms. The van der Waals surface area contributed by atoms with E-state index in [4.69, 9.17) is 9.84 Å². The Kier molecular flexibility index (Phi) is 1.90. The van der Waals surface area contributed by atoms with E-state index in [2.05, 4.69) is 0 Å². The van der Waals surface area contributed by atoms with Gasteiger partial charge in [0.2, 0.25) is 0 Å². The Morgan fingerprint density at radius 1 is 1.27 bits per heavy atom.